The van der Waals surface area contributed by atoms with Gasteiger partial charge in [-0.25, -0.2) is 4.39 Å². The lowest BCUT2D eigenvalue weighted by Gasteiger charge is -2.08. The maximum atomic E-state index is 13.1. The lowest BCUT2D eigenvalue weighted by Crippen LogP contribution is -2.05. The van der Waals surface area contributed by atoms with Gasteiger partial charge in [-0.3, -0.25) is 4.79 Å². The Bertz CT molecular complexity index is 453. The molecule has 1 amide bonds. The van der Waals surface area contributed by atoms with E-state index in [1.54, 1.807) is 6.07 Å². The van der Waals surface area contributed by atoms with Gasteiger partial charge in [0.15, 0.2) is 0 Å². The number of hydrogen-bond acceptors (Lipinski definition) is 2. The highest BCUT2D eigenvalue weighted by Gasteiger charge is 2.22. The first-order valence-electron chi connectivity index (χ1n) is 5.55. The Balaban J connectivity index is 2.13. The molecule has 2 rings (SSSR count). The lowest BCUT2D eigenvalue weighted by molar-refractivity contribution is -0.113. The van der Waals surface area contributed by atoms with E-state index in [1.165, 1.54) is 37.1 Å². The van der Waals surface area contributed by atoms with Gasteiger partial charge in [0.25, 0.3) is 0 Å². The monoisotopic (exact) mass is 235 g/mol. The van der Waals surface area contributed by atoms with Crippen molar-refractivity contribution in [2.45, 2.75) is 12.8 Å². The summed E-state index contributed by atoms with van der Waals surface area (Å²) in [6.07, 6.45) is 5.10. The molecule has 1 saturated carbocycles. The summed E-state index contributed by atoms with van der Waals surface area (Å²) in [7, 11) is 0. The largest absolute Gasteiger partial charge is 0.493 e. The van der Waals surface area contributed by atoms with Crippen LogP contribution < -0.4 is 10.5 Å². The molecular formula is C13H14FNO2. The fraction of sp³-hybridized carbons (Fsp3) is 0.308. The first-order chi connectivity index (χ1) is 8.15. The summed E-state index contributed by atoms with van der Waals surface area (Å²) in [4.78, 5) is 10.6. The van der Waals surface area contributed by atoms with Gasteiger partial charge in [0.05, 0.1) is 6.61 Å². The molecule has 1 aliphatic carbocycles. The van der Waals surface area contributed by atoms with Crippen LogP contribution in [0.4, 0.5) is 4.39 Å². The van der Waals surface area contributed by atoms with Crippen molar-refractivity contribution in [2.75, 3.05) is 6.61 Å². The summed E-state index contributed by atoms with van der Waals surface area (Å²) < 4.78 is 18.6. The average Bonchev–Trinajstić information content (AvgIpc) is 3.08. The van der Waals surface area contributed by atoms with Crippen molar-refractivity contribution in [3.05, 3.63) is 35.7 Å². The molecule has 1 aliphatic rings. The first-order valence-corrected chi connectivity index (χ1v) is 5.55. The minimum Gasteiger partial charge on any atom is -0.493 e. The number of amides is 1. The van der Waals surface area contributed by atoms with Crippen molar-refractivity contribution in [3.8, 4) is 5.75 Å². The number of nitrogens with two attached hydrogens (primary N) is 1. The van der Waals surface area contributed by atoms with E-state index in [9.17, 15) is 9.18 Å². The average molecular weight is 235 g/mol. The molecule has 0 saturated heterocycles. The number of primary amides is 1. The third-order valence-electron chi connectivity index (χ3n) is 2.57. The molecule has 0 heterocycles. The smallest absolute Gasteiger partial charge is 0.241 e. The normalized spacial score (nSPS) is 15.1. The van der Waals surface area contributed by atoms with Crippen molar-refractivity contribution in [3.63, 3.8) is 0 Å². The van der Waals surface area contributed by atoms with Gasteiger partial charge < -0.3 is 10.5 Å². The van der Waals surface area contributed by atoms with Crippen LogP contribution in [-0.4, -0.2) is 12.5 Å². The second-order valence-electron chi connectivity index (χ2n) is 4.17. The third-order valence-corrected chi connectivity index (χ3v) is 2.57. The zero-order valence-corrected chi connectivity index (χ0v) is 9.36. The zero-order valence-electron chi connectivity index (χ0n) is 9.36. The number of ether oxygens (including phenoxy) is 1. The molecule has 0 bridgehead atoms. The summed E-state index contributed by atoms with van der Waals surface area (Å²) in [5, 5.41) is 0. The molecule has 90 valence electrons. The molecule has 2 N–H and O–H groups in total. The van der Waals surface area contributed by atoms with Gasteiger partial charge in [-0.1, -0.05) is 0 Å². The Morgan fingerprint density at radius 2 is 2.29 bits per heavy atom. The second kappa shape index (κ2) is 4.99. The second-order valence-corrected chi connectivity index (χ2v) is 4.17. The molecular weight excluding hydrogens is 221 g/mol. The maximum Gasteiger partial charge on any atom is 0.241 e. The zero-order chi connectivity index (χ0) is 12.3. The van der Waals surface area contributed by atoms with Crippen LogP contribution in [0.2, 0.25) is 0 Å². The summed E-state index contributed by atoms with van der Waals surface area (Å²) in [6.45, 7) is 0.598. The van der Waals surface area contributed by atoms with Crippen LogP contribution in [0.15, 0.2) is 24.3 Å². The highest BCUT2D eigenvalue weighted by molar-refractivity contribution is 5.90. The highest BCUT2D eigenvalue weighted by Crippen LogP contribution is 2.30. The molecule has 1 aromatic carbocycles. The standard InChI is InChI=1S/C13H14FNO2/c14-11-5-3-10(4-6-13(15)16)12(7-11)17-8-9-1-2-9/h3-7,9H,1-2,8H2,(H2,15,16)/b6-4-. The van der Waals surface area contributed by atoms with Crippen LogP contribution in [0.25, 0.3) is 6.08 Å². The van der Waals surface area contributed by atoms with Gasteiger partial charge >= 0.3 is 0 Å². The molecule has 0 spiro atoms. The fourth-order valence-corrected chi connectivity index (χ4v) is 1.43. The van der Waals surface area contributed by atoms with Gasteiger partial charge in [-0.15, -0.1) is 0 Å². The number of rotatable bonds is 5. The molecule has 1 aromatic rings. The van der Waals surface area contributed by atoms with Crippen molar-refractivity contribution in [1.82, 2.24) is 0 Å². The molecule has 0 aromatic heterocycles. The summed E-state index contributed by atoms with van der Waals surface area (Å²) in [5.41, 5.74) is 5.67. The Labute approximate surface area is 99.1 Å². The minimum absolute atomic E-state index is 0.355. The van der Waals surface area contributed by atoms with Crippen LogP contribution in [0, 0.1) is 11.7 Å². The van der Waals surface area contributed by atoms with Crippen LogP contribution in [-0.2, 0) is 4.79 Å². The highest BCUT2D eigenvalue weighted by atomic mass is 19.1. The van der Waals surface area contributed by atoms with Gasteiger partial charge in [0, 0.05) is 17.7 Å². The van der Waals surface area contributed by atoms with E-state index in [-0.39, 0.29) is 5.82 Å². The van der Waals surface area contributed by atoms with Crippen molar-refractivity contribution in [1.29, 1.82) is 0 Å². The number of benzene rings is 1. The molecule has 4 heteroatoms. The molecule has 0 radical (unpaired) electrons. The van der Waals surface area contributed by atoms with Crippen molar-refractivity contribution in [2.24, 2.45) is 11.7 Å². The topological polar surface area (TPSA) is 52.3 Å². The van der Waals surface area contributed by atoms with E-state index in [0.717, 1.165) is 0 Å². The SMILES string of the molecule is NC(=O)/C=C\c1ccc(F)cc1OCC1CC1. The Morgan fingerprint density at radius 3 is 2.94 bits per heavy atom. The van der Waals surface area contributed by atoms with E-state index < -0.39 is 5.91 Å². The predicted molar refractivity (Wildman–Crippen MR) is 62.8 cm³/mol. The van der Waals surface area contributed by atoms with E-state index in [1.807, 2.05) is 0 Å². The van der Waals surface area contributed by atoms with Crippen LogP contribution >= 0.6 is 0 Å². The summed E-state index contributed by atoms with van der Waals surface area (Å²) in [5.74, 6) is 0.148. The van der Waals surface area contributed by atoms with E-state index in [0.29, 0.717) is 23.8 Å². The van der Waals surface area contributed by atoms with E-state index in [2.05, 4.69) is 0 Å². The maximum absolute atomic E-state index is 13.1. The van der Waals surface area contributed by atoms with E-state index in [4.69, 9.17) is 10.5 Å². The third kappa shape index (κ3) is 3.59. The van der Waals surface area contributed by atoms with Crippen LogP contribution in [0.5, 0.6) is 5.75 Å². The summed E-state index contributed by atoms with van der Waals surface area (Å²) >= 11 is 0. The molecule has 0 unspecified atom stereocenters. The Hall–Kier alpha value is -1.84. The lowest BCUT2D eigenvalue weighted by atomic mass is 10.2. The van der Waals surface area contributed by atoms with Gasteiger partial charge in [0.2, 0.25) is 5.91 Å². The number of halogens is 1. The predicted octanol–water partition coefficient (Wildman–Crippen LogP) is 2.11. The van der Waals surface area contributed by atoms with E-state index >= 15 is 0 Å². The number of carbonyl (C=O) groups excluding carboxylic acids is 1. The quantitative estimate of drug-likeness (QED) is 0.795. The van der Waals surface area contributed by atoms with Gasteiger partial charge in [-0.2, -0.15) is 0 Å². The van der Waals surface area contributed by atoms with Gasteiger partial charge in [0.1, 0.15) is 11.6 Å². The number of carbonyl (C=O) groups is 1. The Morgan fingerprint density at radius 1 is 1.53 bits per heavy atom. The van der Waals surface area contributed by atoms with Crippen LogP contribution in [0.1, 0.15) is 18.4 Å². The first kappa shape index (κ1) is 11.6. The minimum atomic E-state index is -0.539. The van der Waals surface area contributed by atoms with Gasteiger partial charge in [-0.05, 0) is 37.0 Å². The molecule has 17 heavy (non-hydrogen) atoms. The van der Waals surface area contributed by atoms with Crippen molar-refractivity contribution >= 4 is 12.0 Å². The number of hydrogen-bond donors (Lipinski definition) is 1. The van der Waals surface area contributed by atoms with Crippen LogP contribution in [0.3, 0.4) is 0 Å². The fourth-order valence-electron chi connectivity index (χ4n) is 1.43. The van der Waals surface area contributed by atoms with Crippen molar-refractivity contribution < 1.29 is 13.9 Å². The Kier molecular flexibility index (Phi) is 3.42. The summed E-state index contributed by atoms with van der Waals surface area (Å²) in [6, 6.07) is 4.21. The molecule has 3 nitrogen and oxygen atoms in total. The molecule has 0 aliphatic heterocycles. The molecule has 0 atom stereocenters. The molecule has 1 fully saturated rings.